The Morgan fingerprint density at radius 3 is 2.39 bits per heavy atom. The average Bonchev–Trinajstić information content (AvgIpc) is 2.34. The van der Waals surface area contributed by atoms with Gasteiger partial charge in [-0.3, -0.25) is 0 Å². The third kappa shape index (κ3) is 2.87. The minimum atomic E-state index is -1.15. The van der Waals surface area contributed by atoms with Gasteiger partial charge in [-0.05, 0) is 42.5 Å². The van der Waals surface area contributed by atoms with Crippen LogP contribution in [0.5, 0.6) is 0 Å². The van der Waals surface area contributed by atoms with Crippen molar-refractivity contribution in [3.8, 4) is 0 Å². The summed E-state index contributed by atoms with van der Waals surface area (Å²) in [7, 11) is 0. The zero-order chi connectivity index (χ0) is 13.1. The van der Waals surface area contributed by atoms with Crippen LogP contribution in [0, 0.1) is 5.82 Å². The van der Waals surface area contributed by atoms with Gasteiger partial charge in [0.2, 0.25) is 0 Å². The van der Waals surface area contributed by atoms with Gasteiger partial charge < -0.3 is 10.4 Å². The zero-order valence-corrected chi connectivity index (χ0v) is 10.7. The number of benzene rings is 2. The number of carboxylic acid groups (broad SMARTS) is 1. The van der Waals surface area contributed by atoms with Crippen LogP contribution in [0.15, 0.2) is 46.9 Å². The molecule has 2 aromatic carbocycles. The Labute approximate surface area is 111 Å². The Balaban J connectivity index is 2.24. The predicted octanol–water partition coefficient (Wildman–Crippen LogP) is 4.03. The summed E-state index contributed by atoms with van der Waals surface area (Å²) >= 11 is 3.30. The van der Waals surface area contributed by atoms with Crippen molar-refractivity contribution in [1.82, 2.24) is 0 Å². The molecule has 0 heterocycles. The van der Waals surface area contributed by atoms with Gasteiger partial charge in [0.1, 0.15) is 5.82 Å². The molecule has 0 atom stereocenters. The van der Waals surface area contributed by atoms with E-state index in [4.69, 9.17) is 5.11 Å². The molecule has 3 nitrogen and oxygen atoms in total. The number of hydrogen-bond acceptors (Lipinski definition) is 2. The normalized spacial score (nSPS) is 10.1. The van der Waals surface area contributed by atoms with Crippen LogP contribution in [0.3, 0.4) is 0 Å². The minimum absolute atomic E-state index is 0.0751. The smallest absolute Gasteiger partial charge is 0.335 e. The topological polar surface area (TPSA) is 49.3 Å². The second-order valence-electron chi connectivity index (χ2n) is 3.63. The molecule has 0 saturated carbocycles. The van der Waals surface area contributed by atoms with Gasteiger partial charge >= 0.3 is 5.97 Å². The van der Waals surface area contributed by atoms with Crippen LogP contribution in [0.25, 0.3) is 0 Å². The lowest BCUT2D eigenvalue weighted by molar-refractivity contribution is 0.0696. The quantitative estimate of drug-likeness (QED) is 0.900. The minimum Gasteiger partial charge on any atom is -0.478 e. The summed E-state index contributed by atoms with van der Waals surface area (Å²) in [6.07, 6.45) is 0. The molecule has 0 aliphatic carbocycles. The maximum absolute atomic E-state index is 13.6. The Hall–Kier alpha value is -1.88. The van der Waals surface area contributed by atoms with E-state index in [9.17, 15) is 9.18 Å². The summed E-state index contributed by atoms with van der Waals surface area (Å²) in [6.45, 7) is 0. The molecule has 0 aromatic heterocycles. The van der Waals surface area contributed by atoms with Crippen molar-refractivity contribution in [3.63, 3.8) is 0 Å². The monoisotopic (exact) mass is 309 g/mol. The molecular formula is C13H9BrFNO2. The summed E-state index contributed by atoms with van der Waals surface area (Å²) in [6, 6.07) is 11.0. The molecule has 2 N–H and O–H groups in total. The van der Waals surface area contributed by atoms with Gasteiger partial charge in [-0.2, -0.15) is 0 Å². The molecule has 2 rings (SSSR count). The SMILES string of the molecule is O=C(O)c1ccc(Nc2ccc(Br)cc2)c(F)c1. The third-order valence-corrected chi connectivity index (χ3v) is 2.87. The fraction of sp³-hybridized carbons (Fsp3) is 0. The van der Waals surface area contributed by atoms with Gasteiger partial charge in [0.15, 0.2) is 0 Å². The van der Waals surface area contributed by atoms with E-state index in [2.05, 4.69) is 21.2 Å². The Bertz CT molecular complexity index is 584. The summed E-state index contributed by atoms with van der Waals surface area (Å²) < 4.78 is 14.6. The molecule has 0 saturated heterocycles. The molecule has 18 heavy (non-hydrogen) atoms. The standard InChI is InChI=1S/C13H9BrFNO2/c14-9-2-4-10(5-3-9)16-12-6-1-8(13(17)18)7-11(12)15/h1-7,16H,(H,17,18). The number of nitrogens with one attached hydrogen (secondary N) is 1. The Kier molecular flexibility index (Phi) is 3.62. The average molecular weight is 310 g/mol. The lowest BCUT2D eigenvalue weighted by Gasteiger charge is -2.08. The van der Waals surface area contributed by atoms with Crippen molar-refractivity contribution >= 4 is 33.3 Å². The summed E-state index contributed by atoms with van der Waals surface area (Å²) in [5, 5.41) is 11.6. The highest BCUT2D eigenvalue weighted by atomic mass is 79.9. The maximum atomic E-state index is 13.6. The molecule has 0 aliphatic rings. The molecule has 5 heteroatoms. The Morgan fingerprint density at radius 1 is 1.17 bits per heavy atom. The Morgan fingerprint density at radius 2 is 1.83 bits per heavy atom. The molecule has 0 fully saturated rings. The third-order valence-electron chi connectivity index (χ3n) is 2.34. The van der Waals surface area contributed by atoms with E-state index in [1.54, 1.807) is 12.1 Å². The van der Waals surface area contributed by atoms with Gasteiger partial charge in [0.05, 0.1) is 11.3 Å². The molecular weight excluding hydrogens is 301 g/mol. The summed E-state index contributed by atoms with van der Waals surface area (Å²) in [4.78, 5) is 10.7. The lowest BCUT2D eigenvalue weighted by Crippen LogP contribution is -1.99. The number of aromatic carboxylic acids is 1. The van der Waals surface area contributed by atoms with Crippen molar-refractivity contribution in [1.29, 1.82) is 0 Å². The lowest BCUT2D eigenvalue weighted by atomic mass is 10.2. The first kappa shape index (κ1) is 12.6. The van der Waals surface area contributed by atoms with Crippen molar-refractivity contribution in [3.05, 3.63) is 58.3 Å². The van der Waals surface area contributed by atoms with E-state index in [1.165, 1.54) is 12.1 Å². The number of carboxylic acids is 1. The number of hydrogen-bond donors (Lipinski definition) is 2. The van der Waals surface area contributed by atoms with Gasteiger partial charge in [-0.25, -0.2) is 9.18 Å². The van der Waals surface area contributed by atoms with Crippen LogP contribution in [0.1, 0.15) is 10.4 Å². The first-order valence-electron chi connectivity index (χ1n) is 5.12. The van der Waals surface area contributed by atoms with Crippen LogP contribution in [-0.4, -0.2) is 11.1 Å². The van der Waals surface area contributed by atoms with Crippen molar-refractivity contribution in [2.75, 3.05) is 5.32 Å². The number of halogens is 2. The molecule has 0 bridgehead atoms. The predicted molar refractivity (Wildman–Crippen MR) is 70.8 cm³/mol. The van der Waals surface area contributed by atoms with Gasteiger partial charge in [0, 0.05) is 10.2 Å². The van der Waals surface area contributed by atoms with Gasteiger partial charge in [-0.15, -0.1) is 0 Å². The fourth-order valence-corrected chi connectivity index (χ4v) is 1.70. The molecule has 0 radical (unpaired) electrons. The number of rotatable bonds is 3. The van der Waals surface area contributed by atoms with Crippen LogP contribution < -0.4 is 5.32 Å². The highest BCUT2D eigenvalue weighted by Gasteiger charge is 2.08. The van der Waals surface area contributed by atoms with Crippen LogP contribution in [0.2, 0.25) is 0 Å². The van der Waals surface area contributed by atoms with E-state index in [0.29, 0.717) is 0 Å². The van der Waals surface area contributed by atoms with Crippen LogP contribution in [-0.2, 0) is 0 Å². The summed E-state index contributed by atoms with van der Waals surface area (Å²) in [5.41, 5.74) is 0.886. The van der Waals surface area contributed by atoms with E-state index >= 15 is 0 Å². The molecule has 0 aliphatic heterocycles. The van der Waals surface area contributed by atoms with Gasteiger partial charge in [-0.1, -0.05) is 15.9 Å². The van der Waals surface area contributed by atoms with Crippen molar-refractivity contribution in [2.24, 2.45) is 0 Å². The van der Waals surface area contributed by atoms with E-state index in [-0.39, 0.29) is 11.3 Å². The number of carbonyl (C=O) groups is 1. The maximum Gasteiger partial charge on any atom is 0.335 e. The highest BCUT2D eigenvalue weighted by molar-refractivity contribution is 9.10. The summed E-state index contributed by atoms with van der Waals surface area (Å²) in [5.74, 6) is -1.75. The second-order valence-corrected chi connectivity index (χ2v) is 4.55. The van der Waals surface area contributed by atoms with Crippen molar-refractivity contribution in [2.45, 2.75) is 0 Å². The fourth-order valence-electron chi connectivity index (χ4n) is 1.44. The van der Waals surface area contributed by atoms with E-state index in [0.717, 1.165) is 16.2 Å². The largest absolute Gasteiger partial charge is 0.478 e. The van der Waals surface area contributed by atoms with Crippen molar-refractivity contribution < 1.29 is 14.3 Å². The molecule has 0 spiro atoms. The second kappa shape index (κ2) is 5.18. The molecule has 2 aromatic rings. The molecule has 92 valence electrons. The zero-order valence-electron chi connectivity index (χ0n) is 9.15. The molecule has 0 unspecified atom stereocenters. The first-order valence-corrected chi connectivity index (χ1v) is 5.91. The number of anilines is 2. The van der Waals surface area contributed by atoms with E-state index < -0.39 is 11.8 Å². The first-order chi connectivity index (χ1) is 8.56. The molecule has 0 amide bonds. The van der Waals surface area contributed by atoms with Gasteiger partial charge in [0.25, 0.3) is 0 Å². The highest BCUT2D eigenvalue weighted by Crippen LogP contribution is 2.22. The van der Waals surface area contributed by atoms with Crippen LogP contribution >= 0.6 is 15.9 Å². The van der Waals surface area contributed by atoms with Crippen LogP contribution in [0.4, 0.5) is 15.8 Å². The van der Waals surface area contributed by atoms with E-state index in [1.807, 2.05) is 12.1 Å².